The number of halogens is 1. The molecule has 27 heavy (non-hydrogen) atoms. The summed E-state index contributed by atoms with van der Waals surface area (Å²) in [6, 6.07) is 14.6. The molecule has 0 saturated carbocycles. The van der Waals surface area contributed by atoms with Crippen molar-refractivity contribution in [3.63, 3.8) is 0 Å². The van der Waals surface area contributed by atoms with Gasteiger partial charge in [0.2, 0.25) is 0 Å². The molecule has 0 unspecified atom stereocenters. The van der Waals surface area contributed by atoms with Gasteiger partial charge in [-0.05, 0) is 54.6 Å². The molecule has 0 atom stereocenters. The minimum absolute atomic E-state index is 0.298. The summed E-state index contributed by atoms with van der Waals surface area (Å²) >= 11 is 1.73. The van der Waals surface area contributed by atoms with E-state index in [0.29, 0.717) is 29.2 Å². The van der Waals surface area contributed by atoms with E-state index in [1.165, 1.54) is 28.9 Å². The van der Waals surface area contributed by atoms with Crippen LogP contribution in [0, 0.1) is 5.82 Å². The van der Waals surface area contributed by atoms with E-state index in [4.69, 9.17) is 4.52 Å². The van der Waals surface area contributed by atoms with Crippen LogP contribution in [0.5, 0.6) is 0 Å². The van der Waals surface area contributed by atoms with Crippen LogP contribution in [0.25, 0.3) is 22.4 Å². The molecule has 0 bridgehead atoms. The van der Waals surface area contributed by atoms with Crippen LogP contribution in [0.15, 0.2) is 64.3 Å². The summed E-state index contributed by atoms with van der Waals surface area (Å²) in [5, 5.41) is 8.14. The van der Waals surface area contributed by atoms with Crippen LogP contribution in [-0.4, -0.2) is 27.9 Å². The van der Waals surface area contributed by atoms with Crippen molar-refractivity contribution in [1.29, 1.82) is 0 Å². The highest BCUT2D eigenvalue weighted by Crippen LogP contribution is 2.31. The molecule has 0 amide bonds. The number of hydrogen-bond donors (Lipinski definition) is 1. The number of benzene rings is 2. The molecule has 2 aromatic heterocycles. The number of nitrogens with zero attached hydrogens (tertiary/aromatic N) is 3. The maximum Gasteiger partial charge on any atom is 0.263 e. The molecule has 0 aliphatic rings. The number of rotatable bonds is 6. The van der Waals surface area contributed by atoms with Gasteiger partial charge in [-0.3, -0.25) is 0 Å². The second-order valence-electron chi connectivity index (χ2n) is 5.97. The molecule has 0 aliphatic carbocycles. The van der Waals surface area contributed by atoms with E-state index in [9.17, 15) is 4.39 Å². The van der Waals surface area contributed by atoms with Gasteiger partial charge in [-0.1, -0.05) is 17.3 Å². The van der Waals surface area contributed by atoms with Gasteiger partial charge in [-0.25, -0.2) is 9.37 Å². The van der Waals surface area contributed by atoms with Crippen molar-refractivity contribution in [2.45, 2.75) is 11.3 Å². The summed E-state index contributed by atoms with van der Waals surface area (Å²) in [6.07, 6.45) is 4.36. The lowest BCUT2D eigenvalue weighted by molar-refractivity contribution is 0.451. The maximum atomic E-state index is 13.2. The van der Waals surface area contributed by atoms with Crippen LogP contribution in [0.3, 0.4) is 0 Å². The summed E-state index contributed by atoms with van der Waals surface area (Å²) in [4.78, 5) is 9.72. The molecule has 5 nitrogen and oxygen atoms in total. The average Bonchev–Trinajstić information content (AvgIpc) is 3.14. The molecule has 4 rings (SSSR count). The first-order valence-corrected chi connectivity index (χ1v) is 9.70. The molecule has 2 aromatic carbocycles. The van der Waals surface area contributed by atoms with E-state index in [1.54, 1.807) is 23.9 Å². The quantitative estimate of drug-likeness (QED) is 0.485. The third-order valence-electron chi connectivity index (χ3n) is 4.26. The number of hydrogen-bond acceptors (Lipinski definition) is 6. The summed E-state index contributed by atoms with van der Waals surface area (Å²) in [5.74, 6) is 0.356. The first-order valence-electron chi connectivity index (χ1n) is 8.48. The molecule has 0 aliphatic heterocycles. The molecule has 1 N–H and O–H groups in total. The standard InChI is InChI=1S/C20H17FN4OS/c1-27-16-8-2-13(3-9-16)10-11-22-19-17-18(14-4-6-15(21)7-5-14)25-26-20(17)24-12-23-19/h2-9,12H,10-11H2,1H3,(H,22,23,24). The van der Waals surface area contributed by atoms with Gasteiger partial charge in [0.25, 0.3) is 5.71 Å². The highest BCUT2D eigenvalue weighted by Gasteiger charge is 2.16. The molecule has 0 spiro atoms. The van der Waals surface area contributed by atoms with Crippen molar-refractivity contribution in [2.24, 2.45) is 0 Å². The predicted octanol–water partition coefficient (Wildman–Crippen LogP) is 4.80. The zero-order valence-electron chi connectivity index (χ0n) is 14.6. The summed E-state index contributed by atoms with van der Waals surface area (Å²) < 4.78 is 18.5. The van der Waals surface area contributed by atoms with E-state index in [1.807, 2.05) is 0 Å². The van der Waals surface area contributed by atoms with Crippen LogP contribution in [0.1, 0.15) is 5.56 Å². The minimum Gasteiger partial charge on any atom is -0.369 e. The Hall–Kier alpha value is -2.93. The fourth-order valence-corrected chi connectivity index (χ4v) is 3.25. The van der Waals surface area contributed by atoms with E-state index in [0.717, 1.165) is 12.0 Å². The zero-order valence-corrected chi connectivity index (χ0v) is 15.5. The van der Waals surface area contributed by atoms with Gasteiger partial charge >= 0.3 is 0 Å². The third-order valence-corrected chi connectivity index (χ3v) is 5.00. The first-order chi connectivity index (χ1) is 13.2. The van der Waals surface area contributed by atoms with Gasteiger partial charge in [-0.15, -0.1) is 11.8 Å². The molecule has 7 heteroatoms. The topological polar surface area (TPSA) is 63.8 Å². The SMILES string of the molecule is CSc1ccc(CCNc2ncnc3onc(-c4ccc(F)cc4)c23)cc1. The number of anilines is 1. The fraction of sp³-hybridized carbons (Fsp3) is 0.150. The highest BCUT2D eigenvalue weighted by atomic mass is 32.2. The van der Waals surface area contributed by atoms with E-state index < -0.39 is 0 Å². The van der Waals surface area contributed by atoms with Gasteiger partial charge in [0.1, 0.15) is 29.0 Å². The number of fused-ring (bicyclic) bond motifs is 1. The molecule has 2 heterocycles. The Labute approximate surface area is 160 Å². The smallest absolute Gasteiger partial charge is 0.263 e. The lowest BCUT2D eigenvalue weighted by Gasteiger charge is -2.07. The lowest BCUT2D eigenvalue weighted by atomic mass is 10.1. The zero-order chi connectivity index (χ0) is 18.6. The summed E-state index contributed by atoms with van der Waals surface area (Å²) in [7, 11) is 0. The lowest BCUT2D eigenvalue weighted by Crippen LogP contribution is -2.07. The molecular formula is C20H17FN4OS. The first kappa shape index (κ1) is 17.5. The van der Waals surface area contributed by atoms with Crippen molar-refractivity contribution in [3.8, 4) is 11.3 Å². The second-order valence-corrected chi connectivity index (χ2v) is 6.85. The molecular weight excluding hydrogens is 363 g/mol. The van der Waals surface area contributed by atoms with Gasteiger partial charge in [-0.2, -0.15) is 4.98 Å². The van der Waals surface area contributed by atoms with Crippen molar-refractivity contribution in [3.05, 3.63) is 66.2 Å². The Morgan fingerprint density at radius 3 is 2.56 bits per heavy atom. The van der Waals surface area contributed by atoms with Crippen molar-refractivity contribution in [1.82, 2.24) is 15.1 Å². The molecule has 0 radical (unpaired) electrons. The monoisotopic (exact) mass is 380 g/mol. The van der Waals surface area contributed by atoms with E-state index >= 15 is 0 Å². The van der Waals surface area contributed by atoms with Crippen molar-refractivity contribution in [2.75, 3.05) is 18.1 Å². The van der Waals surface area contributed by atoms with E-state index in [-0.39, 0.29) is 5.82 Å². The maximum absolute atomic E-state index is 13.2. The Morgan fingerprint density at radius 1 is 1.04 bits per heavy atom. The largest absolute Gasteiger partial charge is 0.369 e. The Balaban J connectivity index is 1.56. The van der Waals surface area contributed by atoms with Crippen LogP contribution in [0.2, 0.25) is 0 Å². The highest BCUT2D eigenvalue weighted by molar-refractivity contribution is 7.98. The molecule has 0 fully saturated rings. The Bertz CT molecular complexity index is 1050. The Morgan fingerprint density at radius 2 is 1.81 bits per heavy atom. The molecule has 4 aromatic rings. The van der Waals surface area contributed by atoms with Gasteiger partial charge < -0.3 is 9.84 Å². The van der Waals surface area contributed by atoms with Crippen LogP contribution in [0.4, 0.5) is 10.2 Å². The van der Waals surface area contributed by atoms with E-state index in [2.05, 4.69) is 51.0 Å². The van der Waals surface area contributed by atoms with Crippen molar-refractivity contribution < 1.29 is 8.91 Å². The molecule has 0 saturated heterocycles. The third kappa shape index (κ3) is 3.78. The van der Waals surface area contributed by atoms with Crippen molar-refractivity contribution >= 4 is 28.7 Å². The summed E-state index contributed by atoms with van der Waals surface area (Å²) in [5.41, 5.74) is 2.99. The number of aromatic nitrogens is 3. The minimum atomic E-state index is -0.298. The summed E-state index contributed by atoms with van der Waals surface area (Å²) in [6.45, 7) is 0.707. The normalized spacial score (nSPS) is 11.0. The fourth-order valence-electron chi connectivity index (χ4n) is 2.84. The number of thioether (sulfide) groups is 1. The van der Waals surface area contributed by atoms with Gasteiger partial charge in [0.05, 0.1) is 0 Å². The van der Waals surface area contributed by atoms with Crippen LogP contribution >= 0.6 is 11.8 Å². The van der Waals surface area contributed by atoms with Crippen LogP contribution < -0.4 is 5.32 Å². The van der Waals surface area contributed by atoms with Crippen LogP contribution in [-0.2, 0) is 6.42 Å². The second kappa shape index (κ2) is 7.75. The Kier molecular flexibility index (Phi) is 5.02. The average molecular weight is 380 g/mol. The molecule has 136 valence electrons. The van der Waals surface area contributed by atoms with Gasteiger partial charge in [0, 0.05) is 17.0 Å². The number of nitrogens with one attached hydrogen (secondary N) is 1. The van der Waals surface area contributed by atoms with Gasteiger partial charge in [0.15, 0.2) is 0 Å². The predicted molar refractivity (Wildman–Crippen MR) is 105 cm³/mol.